The molecule has 3 aliphatic heterocycles. The third kappa shape index (κ3) is 6.27. The summed E-state index contributed by atoms with van der Waals surface area (Å²) in [6.07, 6.45) is 4.71. The summed E-state index contributed by atoms with van der Waals surface area (Å²) in [7, 11) is 0. The van der Waals surface area contributed by atoms with Crippen molar-refractivity contribution < 1.29 is 19.2 Å². The predicted octanol–water partition coefficient (Wildman–Crippen LogP) is 1.81. The monoisotopic (exact) mass is 513 g/mol. The summed E-state index contributed by atoms with van der Waals surface area (Å²) in [5.41, 5.74) is 1.25. The van der Waals surface area contributed by atoms with Crippen molar-refractivity contribution in [2.45, 2.75) is 44.6 Å². The Bertz CT molecular complexity index is 907. The summed E-state index contributed by atoms with van der Waals surface area (Å²) >= 11 is 0. The van der Waals surface area contributed by atoms with Gasteiger partial charge < -0.3 is 15.5 Å². The van der Waals surface area contributed by atoms with Gasteiger partial charge in [0.05, 0.1) is 11.1 Å². The lowest BCUT2D eigenvalue weighted by molar-refractivity contribution is -0.136. The molecule has 3 N–H and O–H groups in total. The molecule has 2 fully saturated rings. The van der Waals surface area contributed by atoms with E-state index in [1.807, 2.05) is 0 Å². The van der Waals surface area contributed by atoms with Crippen LogP contribution in [0, 0.1) is 0 Å². The highest BCUT2D eigenvalue weighted by Gasteiger charge is 2.45. The fraction of sp³-hybridized carbons (Fsp3) is 0.565. The molecule has 2 saturated heterocycles. The van der Waals surface area contributed by atoms with E-state index in [2.05, 4.69) is 20.9 Å². The maximum atomic E-state index is 13.1. The molecule has 34 heavy (non-hydrogen) atoms. The van der Waals surface area contributed by atoms with Crippen LogP contribution in [0.25, 0.3) is 0 Å². The van der Waals surface area contributed by atoms with Crippen LogP contribution in [0.15, 0.2) is 18.2 Å². The molecule has 4 amide bonds. The van der Waals surface area contributed by atoms with Crippen molar-refractivity contribution in [1.29, 1.82) is 0 Å². The van der Waals surface area contributed by atoms with E-state index in [4.69, 9.17) is 0 Å². The molecule has 0 spiro atoms. The van der Waals surface area contributed by atoms with Gasteiger partial charge in [-0.2, -0.15) is 0 Å². The van der Waals surface area contributed by atoms with E-state index in [1.54, 1.807) is 18.2 Å². The van der Waals surface area contributed by atoms with E-state index in [-0.39, 0.29) is 43.6 Å². The number of benzene rings is 1. The van der Waals surface area contributed by atoms with E-state index in [0.29, 0.717) is 23.4 Å². The van der Waals surface area contributed by atoms with Crippen LogP contribution in [0.1, 0.15) is 59.2 Å². The fourth-order valence-electron chi connectivity index (χ4n) is 4.63. The normalized spacial score (nSPS) is 20.4. The highest BCUT2D eigenvalue weighted by atomic mass is 35.5. The van der Waals surface area contributed by atoms with Crippen molar-refractivity contribution in [2.24, 2.45) is 0 Å². The Morgan fingerprint density at radius 1 is 0.941 bits per heavy atom. The number of imide groups is 2. The summed E-state index contributed by atoms with van der Waals surface area (Å²) in [4.78, 5) is 53.1. The van der Waals surface area contributed by atoms with Crippen LogP contribution in [-0.2, 0) is 9.59 Å². The van der Waals surface area contributed by atoms with Crippen molar-refractivity contribution in [3.63, 3.8) is 0 Å². The second-order valence-corrected chi connectivity index (χ2v) is 8.61. The average Bonchev–Trinajstić information content (AvgIpc) is 3.05. The van der Waals surface area contributed by atoms with Crippen LogP contribution >= 0.6 is 24.8 Å². The minimum absolute atomic E-state index is 0. The lowest BCUT2D eigenvalue weighted by Crippen LogP contribution is -2.54. The Balaban J connectivity index is 0.00000204. The Kier molecular flexibility index (Phi) is 10.8. The minimum atomic E-state index is -0.941. The van der Waals surface area contributed by atoms with E-state index in [0.717, 1.165) is 50.5 Å². The van der Waals surface area contributed by atoms with Crippen molar-refractivity contribution in [3.8, 4) is 0 Å². The molecule has 0 aliphatic carbocycles. The number of halogens is 2. The second-order valence-electron chi connectivity index (χ2n) is 8.61. The summed E-state index contributed by atoms with van der Waals surface area (Å²) in [6, 6.07) is 4.21. The number of carbonyl (C=O) groups excluding carboxylic acids is 4. The standard InChI is InChI=1S/C23H31N5O4.2ClH/c29-19-9-8-18(21(30)26-19)28-22(31)16-6-5-7-17(20(16)23(28)32)25-10-3-1-2-4-13-27-14-11-24-12-15-27;;/h5-7,18,24-25H,1-4,8-15H2,(H,26,29,30);2*1H. The second kappa shape index (κ2) is 13.0. The highest BCUT2D eigenvalue weighted by molar-refractivity contribution is 6.25. The number of hydrogen-bond donors (Lipinski definition) is 3. The molecule has 3 aliphatic rings. The van der Waals surface area contributed by atoms with Gasteiger partial charge in [0.1, 0.15) is 6.04 Å². The molecule has 1 atom stereocenters. The zero-order chi connectivity index (χ0) is 22.5. The smallest absolute Gasteiger partial charge is 0.264 e. The Morgan fingerprint density at radius 2 is 1.68 bits per heavy atom. The van der Waals surface area contributed by atoms with Gasteiger partial charge in [0, 0.05) is 44.8 Å². The number of hydrogen-bond acceptors (Lipinski definition) is 7. The zero-order valence-electron chi connectivity index (χ0n) is 19.1. The van der Waals surface area contributed by atoms with Crippen LogP contribution < -0.4 is 16.0 Å². The van der Waals surface area contributed by atoms with Crippen molar-refractivity contribution >= 4 is 54.1 Å². The lowest BCUT2D eigenvalue weighted by atomic mass is 10.0. The van der Waals surface area contributed by atoms with Gasteiger partial charge in [-0.15, -0.1) is 24.8 Å². The third-order valence-corrected chi connectivity index (χ3v) is 6.39. The van der Waals surface area contributed by atoms with Gasteiger partial charge in [-0.05, 0) is 37.9 Å². The van der Waals surface area contributed by atoms with Crippen molar-refractivity contribution in [1.82, 2.24) is 20.4 Å². The van der Waals surface area contributed by atoms with Gasteiger partial charge in [-0.1, -0.05) is 18.9 Å². The molecule has 1 aromatic rings. The van der Waals surface area contributed by atoms with E-state index < -0.39 is 23.8 Å². The van der Waals surface area contributed by atoms with Gasteiger partial charge in [-0.25, -0.2) is 0 Å². The van der Waals surface area contributed by atoms with Crippen LogP contribution in [0.5, 0.6) is 0 Å². The number of rotatable bonds is 9. The SMILES string of the molecule is Cl.Cl.O=C1CCC(N2C(=O)c3cccc(NCCCCCCN4CCNCC4)c3C2=O)C(=O)N1. The number of nitrogens with zero attached hydrogens (tertiary/aromatic N) is 2. The lowest BCUT2D eigenvalue weighted by Gasteiger charge is -2.27. The van der Waals surface area contributed by atoms with Gasteiger partial charge in [0.15, 0.2) is 0 Å². The largest absolute Gasteiger partial charge is 0.384 e. The molecule has 188 valence electrons. The zero-order valence-corrected chi connectivity index (χ0v) is 20.8. The molecule has 0 aromatic heterocycles. The molecule has 11 heteroatoms. The number of amides is 4. The Hall–Kier alpha value is -2.20. The summed E-state index contributed by atoms with van der Waals surface area (Å²) < 4.78 is 0. The Morgan fingerprint density at radius 3 is 2.41 bits per heavy atom. The number of unbranched alkanes of at least 4 members (excludes halogenated alkanes) is 3. The summed E-state index contributed by atoms with van der Waals surface area (Å²) in [6.45, 7) is 6.27. The molecule has 0 radical (unpaired) electrons. The van der Waals surface area contributed by atoms with Crippen molar-refractivity contribution in [2.75, 3.05) is 44.6 Å². The number of anilines is 1. The average molecular weight is 514 g/mol. The summed E-state index contributed by atoms with van der Waals surface area (Å²) in [5, 5.41) is 8.89. The predicted molar refractivity (Wildman–Crippen MR) is 134 cm³/mol. The van der Waals surface area contributed by atoms with Gasteiger partial charge in [0.25, 0.3) is 11.8 Å². The van der Waals surface area contributed by atoms with Crippen LogP contribution in [0.3, 0.4) is 0 Å². The molecule has 1 unspecified atom stereocenters. The molecular formula is C23H33Cl2N5O4. The van der Waals surface area contributed by atoms with Crippen LogP contribution in [0.4, 0.5) is 5.69 Å². The first-order valence-electron chi connectivity index (χ1n) is 11.6. The molecule has 0 saturated carbocycles. The van der Waals surface area contributed by atoms with Gasteiger partial charge >= 0.3 is 0 Å². The van der Waals surface area contributed by atoms with E-state index in [1.165, 1.54) is 12.8 Å². The van der Waals surface area contributed by atoms with Crippen molar-refractivity contribution in [3.05, 3.63) is 29.3 Å². The first kappa shape index (κ1) is 28.0. The number of piperazine rings is 1. The van der Waals surface area contributed by atoms with Crippen LogP contribution in [0.2, 0.25) is 0 Å². The highest BCUT2D eigenvalue weighted by Crippen LogP contribution is 2.32. The first-order chi connectivity index (χ1) is 15.6. The molecule has 9 nitrogen and oxygen atoms in total. The number of carbonyl (C=O) groups is 4. The maximum Gasteiger partial charge on any atom is 0.264 e. The Labute approximate surface area is 212 Å². The quantitative estimate of drug-likeness (QED) is 0.341. The molecule has 0 bridgehead atoms. The summed E-state index contributed by atoms with van der Waals surface area (Å²) in [5.74, 6) is -1.92. The topological polar surface area (TPSA) is 111 Å². The van der Waals surface area contributed by atoms with Gasteiger partial charge in [-0.3, -0.25) is 29.4 Å². The molecule has 3 heterocycles. The fourth-order valence-corrected chi connectivity index (χ4v) is 4.63. The first-order valence-corrected chi connectivity index (χ1v) is 11.6. The number of nitrogens with one attached hydrogen (secondary N) is 3. The van der Waals surface area contributed by atoms with Crippen LogP contribution in [-0.4, -0.2) is 78.7 Å². The van der Waals surface area contributed by atoms with E-state index in [9.17, 15) is 19.2 Å². The number of piperidine rings is 1. The number of fused-ring (bicyclic) bond motifs is 1. The third-order valence-electron chi connectivity index (χ3n) is 6.39. The molecule has 1 aromatic carbocycles. The van der Waals surface area contributed by atoms with E-state index >= 15 is 0 Å². The molecular weight excluding hydrogens is 481 g/mol. The van der Waals surface area contributed by atoms with Gasteiger partial charge in [0.2, 0.25) is 11.8 Å². The molecule has 4 rings (SSSR count). The maximum absolute atomic E-state index is 13.1. The minimum Gasteiger partial charge on any atom is -0.384 e.